The molecule has 0 unspecified atom stereocenters. The second kappa shape index (κ2) is 9.71. The van der Waals surface area contributed by atoms with Gasteiger partial charge in [-0.1, -0.05) is 31.4 Å². The Morgan fingerprint density at radius 3 is 2.81 bits per heavy atom. The number of thiazole rings is 1. The second-order valence-corrected chi connectivity index (χ2v) is 7.98. The van der Waals surface area contributed by atoms with Gasteiger partial charge in [-0.2, -0.15) is 0 Å². The van der Waals surface area contributed by atoms with E-state index in [9.17, 15) is 4.79 Å². The Morgan fingerprint density at radius 2 is 2.04 bits per heavy atom. The molecular formula is C20H28N4O2S. The number of nitrogens with zero attached hydrogens (tertiary/aromatic N) is 2. The standard InChI is InChI=1S/C20H28N4O2S/c1-24(2)12-13-26-18-11-7-6-10-16(18)17-14-27-20(22-17)23-19(25)21-15-8-4-3-5-9-15/h6-7,10-11,14-15H,3-5,8-9,12-13H2,1-2H3,(H2,21,22,23,25). The highest BCUT2D eigenvalue weighted by Gasteiger charge is 2.17. The van der Waals surface area contributed by atoms with Crippen LogP contribution in [0, 0.1) is 0 Å². The largest absolute Gasteiger partial charge is 0.492 e. The molecule has 0 saturated heterocycles. The monoisotopic (exact) mass is 388 g/mol. The molecule has 0 spiro atoms. The molecule has 3 rings (SSSR count). The van der Waals surface area contributed by atoms with Crippen molar-refractivity contribution >= 4 is 22.5 Å². The Balaban J connectivity index is 1.60. The van der Waals surface area contributed by atoms with E-state index in [0.717, 1.165) is 36.4 Å². The third kappa shape index (κ3) is 5.94. The van der Waals surface area contributed by atoms with Crippen molar-refractivity contribution in [3.05, 3.63) is 29.6 Å². The van der Waals surface area contributed by atoms with Crippen LogP contribution in [0.15, 0.2) is 29.6 Å². The maximum absolute atomic E-state index is 12.2. The van der Waals surface area contributed by atoms with Crippen LogP contribution >= 0.6 is 11.3 Å². The van der Waals surface area contributed by atoms with Gasteiger partial charge in [0.25, 0.3) is 0 Å². The number of amides is 2. The minimum atomic E-state index is -0.168. The molecule has 1 aliphatic carbocycles. The van der Waals surface area contributed by atoms with Crippen molar-refractivity contribution < 1.29 is 9.53 Å². The van der Waals surface area contributed by atoms with Gasteiger partial charge >= 0.3 is 6.03 Å². The number of carbonyl (C=O) groups excluding carboxylic acids is 1. The van der Waals surface area contributed by atoms with Crippen LogP contribution in [0.3, 0.4) is 0 Å². The van der Waals surface area contributed by atoms with Gasteiger partial charge in [-0.25, -0.2) is 9.78 Å². The highest BCUT2D eigenvalue weighted by atomic mass is 32.1. The first kappa shape index (κ1) is 19.6. The van der Waals surface area contributed by atoms with Gasteiger partial charge in [0.2, 0.25) is 0 Å². The first-order valence-corrected chi connectivity index (χ1v) is 10.4. The molecular weight excluding hydrogens is 360 g/mol. The lowest BCUT2D eigenvalue weighted by Crippen LogP contribution is -2.38. The lowest BCUT2D eigenvalue weighted by Gasteiger charge is -2.22. The lowest BCUT2D eigenvalue weighted by molar-refractivity contribution is 0.244. The predicted molar refractivity (Wildman–Crippen MR) is 111 cm³/mol. The van der Waals surface area contributed by atoms with Gasteiger partial charge in [0.1, 0.15) is 12.4 Å². The molecule has 6 nitrogen and oxygen atoms in total. The van der Waals surface area contributed by atoms with Gasteiger partial charge in [0.05, 0.1) is 5.69 Å². The van der Waals surface area contributed by atoms with Crippen LogP contribution in [0.2, 0.25) is 0 Å². The third-order valence-corrected chi connectivity index (χ3v) is 5.38. The van der Waals surface area contributed by atoms with Crippen molar-refractivity contribution in [2.24, 2.45) is 0 Å². The number of likely N-dealkylation sites (N-methyl/N-ethyl adjacent to an activating group) is 1. The maximum atomic E-state index is 12.2. The molecule has 2 amide bonds. The van der Waals surface area contributed by atoms with E-state index in [4.69, 9.17) is 4.74 Å². The van der Waals surface area contributed by atoms with E-state index < -0.39 is 0 Å². The van der Waals surface area contributed by atoms with Gasteiger partial charge in [-0.15, -0.1) is 11.3 Å². The van der Waals surface area contributed by atoms with Crippen molar-refractivity contribution in [1.82, 2.24) is 15.2 Å². The zero-order chi connectivity index (χ0) is 19.1. The topological polar surface area (TPSA) is 66.5 Å². The molecule has 1 heterocycles. The molecule has 0 aliphatic heterocycles. The van der Waals surface area contributed by atoms with E-state index in [1.807, 2.05) is 43.7 Å². The summed E-state index contributed by atoms with van der Waals surface area (Å²) in [7, 11) is 4.04. The number of nitrogens with one attached hydrogen (secondary N) is 2. The molecule has 7 heteroatoms. The average Bonchev–Trinajstić information content (AvgIpc) is 3.11. The van der Waals surface area contributed by atoms with Crippen LogP contribution in [-0.4, -0.2) is 49.2 Å². The van der Waals surface area contributed by atoms with Crippen LogP contribution in [0.1, 0.15) is 32.1 Å². The summed E-state index contributed by atoms with van der Waals surface area (Å²) in [6, 6.07) is 7.98. The van der Waals surface area contributed by atoms with Crippen molar-refractivity contribution in [1.29, 1.82) is 0 Å². The summed E-state index contributed by atoms with van der Waals surface area (Å²) < 4.78 is 5.92. The van der Waals surface area contributed by atoms with E-state index in [-0.39, 0.29) is 12.1 Å². The number of carbonyl (C=O) groups is 1. The molecule has 2 N–H and O–H groups in total. The van der Waals surface area contributed by atoms with E-state index in [1.165, 1.54) is 30.6 Å². The fourth-order valence-electron chi connectivity index (χ4n) is 3.16. The fraction of sp³-hybridized carbons (Fsp3) is 0.500. The van der Waals surface area contributed by atoms with Crippen LogP contribution in [0.25, 0.3) is 11.3 Å². The maximum Gasteiger partial charge on any atom is 0.321 e. The Morgan fingerprint density at radius 1 is 1.26 bits per heavy atom. The first-order valence-electron chi connectivity index (χ1n) is 9.52. The average molecular weight is 389 g/mol. The Kier molecular flexibility index (Phi) is 7.06. The second-order valence-electron chi connectivity index (χ2n) is 7.12. The van der Waals surface area contributed by atoms with Crippen molar-refractivity contribution in [3.63, 3.8) is 0 Å². The highest BCUT2D eigenvalue weighted by molar-refractivity contribution is 7.14. The summed E-state index contributed by atoms with van der Waals surface area (Å²) in [6.07, 6.45) is 5.78. The third-order valence-electron chi connectivity index (χ3n) is 4.62. The van der Waals surface area contributed by atoms with Crippen LogP contribution in [0.4, 0.5) is 9.93 Å². The minimum Gasteiger partial charge on any atom is -0.492 e. The molecule has 1 aliphatic rings. The molecule has 2 aromatic rings. The number of rotatable bonds is 7. The van der Waals surface area contributed by atoms with E-state index >= 15 is 0 Å². The Hall–Kier alpha value is -2.12. The van der Waals surface area contributed by atoms with Gasteiger partial charge in [-0.3, -0.25) is 5.32 Å². The molecule has 1 saturated carbocycles. The van der Waals surface area contributed by atoms with E-state index in [1.54, 1.807) is 0 Å². The molecule has 0 atom stereocenters. The van der Waals surface area contributed by atoms with Gasteiger partial charge in [-0.05, 0) is 39.1 Å². The number of hydrogen-bond acceptors (Lipinski definition) is 5. The Labute approximate surface area is 164 Å². The minimum absolute atomic E-state index is 0.168. The van der Waals surface area contributed by atoms with Gasteiger partial charge < -0.3 is 15.0 Å². The van der Waals surface area contributed by atoms with Crippen molar-refractivity contribution in [2.75, 3.05) is 32.6 Å². The summed E-state index contributed by atoms with van der Waals surface area (Å²) >= 11 is 1.43. The summed E-state index contributed by atoms with van der Waals surface area (Å²) in [5, 5.41) is 8.47. The fourth-order valence-corrected chi connectivity index (χ4v) is 3.87. The number of benzene rings is 1. The van der Waals surface area contributed by atoms with E-state index in [2.05, 4.69) is 20.5 Å². The number of aromatic nitrogens is 1. The zero-order valence-electron chi connectivity index (χ0n) is 16.0. The Bertz CT molecular complexity index is 741. The van der Waals surface area contributed by atoms with Crippen LogP contribution in [-0.2, 0) is 0 Å². The molecule has 1 aromatic heterocycles. The summed E-state index contributed by atoms with van der Waals surface area (Å²) in [6.45, 7) is 1.46. The van der Waals surface area contributed by atoms with Crippen LogP contribution < -0.4 is 15.4 Å². The summed E-state index contributed by atoms with van der Waals surface area (Å²) in [4.78, 5) is 18.9. The lowest BCUT2D eigenvalue weighted by atomic mass is 9.96. The molecule has 1 fully saturated rings. The quantitative estimate of drug-likeness (QED) is 0.746. The first-order chi connectivity index (χ1) is 13.1. The van der Waals surface area contributed by atoms with Crippen molar-refractivity contribution in [2.45, 2.75) is 38.1 Å². The number of hydrogen-bond donors (Lipinski definition) is 2. The molecule has 0 radical (unpaired) electrons. The SMILES string of the molecule is CN(C)CCOc1ccccc1-c1csc(NC(=O)NC2CCCCC2)n1. The molecule has 0 bridgehead atoms. The number of para-hydroxylation sites is 1. The van der Waals surface area contributed by atoms with Gasteiger partial charge in [0, 0.05) is 23.5 Å². The molecule has 27 heavy (non-hydrogen) atoms. The van der Waals surface area contributed by atoms with Crippen LogP contribution in [0.5, 0.6) is 5.75 Å². The smallest absolute Gasteiger partial charge is 0.321 e. The number of anilines is 1. The highest BCUT2D eigenvalue weighted by Crippen LogP contribution is 2.32. The number of urea groups is 1. The summed E-state index contributed by atoms with van der Waals surface area (Å²) in [5.74, 6) is 0.808. The summed E-state index contributed by atoms with van der Waals surface area (Å²) in [5.41, 5.74) is 1.75. The zero-order valence-corrected chi connectivity index (χ0v) is 16.8. The number of ether oxygens (including phenoxy) is 1. The van der Waals surface area contributed by atoms with Gasteiger partial charge in [0.15, 0.2) is 5.13 Å². The molecule has 146 valence electrons. The van der Waals surface area contributed by atoms with Crippen molar-refractivity contribution in [3.8, 4) is 17.0 Å². The predicted octanol–water partition coefficient (Wildman–Crippen LogP) is 4.20. The molecule has 1 aromatic carbocycles. The normalized spacial score (nSPS) is 14.9. The van der Waals surface area contributed by atoms with E-state index in [0.29, 0.717) is 11.7 Å².